The van der Waals surface area contributed by atoms with Gasteiger partial charge in [-0.2, -0.15) is 0 Å². The topological polar surface area (TPSA) is 45.2 Å². The molecule has 1 amide bonds. The van der Waals surface area contributed by atoms with Gasteiger partial charge in [0.15, 0.2) is 0 Å². The SMILES string of the molecule is Cc1nc(CC(C)C)sc1C(=O)NC1CCN(CC2CCCCC2)CC1. The summed E-state index contributed by atoms with van der Waals surface area (Å²) in [5, 5.41) is 4.36. The third kappa shape index (κ3) is 5.53. The predicted octanol–water partition coefficient (Wildman–Crippen LogP) is 4.42. The highest BCUT2D eigenvalue weighted by atomic mass is 32.1. The smallest absolute Gasteiger partial charge is 0.263 e. The van der Waals surface area contributed by atoms with Crippen molar-refractivity contribution in [3.8, 4) is 0 Å². The average molecular weight is 378 g/mol. The van der Waals surface area contributed by atoms with Crippen molar-refractivity contribution in [3.05, 3.63) is 15.6 Å². The first kappa shape index (κ1) is 19.8. The number of nitrogens with zero attached hydrogens (tertiary/aromatic N) is 2. The van der Waals surface area contributed by atoms with E-state index in [1.807, 2.05) is 6.92 Å². The first-order valence-electron chi connectivity index (χ1n) is 10.5. The Balaban J connectivity index is 1.45. The molecule has 1 aromatic rings. The minimum atomic E-state index is 0.0840. The minimum absolute atomic E-state index is 0.0840. The molecule has 0 bridgehead atoms. The van der Waals surface area contributed by atoms with Crippen molar-refractivity contribution in [2.75, 3.05) is 19.6 Å². The normalized spacial score (nSPS) is 20.6. The summed E-state index contributed by atoms with van der Waals surface area (Å²) >= 11 is 1.57. The molecule has 0 spiro atoms. The zero-order valence-corrected chi connectivity index (χ0v) is 17.5. The number of hydrogen-bond acceptors (Lipinski definition) is 4. The van der Waals surface area contributed by atoms with E-state index < -0.39 is 0 Å². The molecule has 0 aromatic carbocycles. The molecule has 2 fully saturated rings. The summed E-state index contributed by atoms with van der Waals surface area (Å²) in [6.07, 6.45) is 10.2. The second-order valence-electron chi connectivity index (χ2n) is 8.67. The lowest BCUT2D eigenvalue weighted by molar-refractivity contribution is 0.0905. The van der Waals surface area contributed by atoms with Crippen molar-refractivity contribution in [2.24, 2.45) is 11.8 Å². The van der Waals surface area contributed by atoms with Crippen LogP contribution in [-0.2, 0) is 6.42 Å². The van der Waals surface area contributed by atoms with E-state index in [1.165, 1.54) is 38.6 Å². The van der Waals surface area contributed by atoms with Crippen LogP contribution in [0.5, 0.6) is 0 Å². The molecule has 26 heavy (non-hydrogen) atoms. The van der Waals surface area contributed by atoms with Crippen LogP contribution < -0.4 is 5.32 Å². The summed E-state index contributed by atoms with van der Waals surface area (Å²) in [4.78, 5) is 20.7. The highest BCUT2D eigenvalue weighted by Crippen LogP contribution is 2.26. The van der Waals surface area contributed by atoms with Crippen LogP contribution in [0.1, 0.15) is 79.2 Å². The number of carbonyl (C=O) groups excluding carboxylic acids is 1. The van der Waals surface area contributed by atoms with Crippen molar-refractivity contribution in [1.29, 1.82) is 0 Å². The lowest BCUT2D eigenvalue weighted by Gasteiger charge is -2.35. The minimum Gasteiger partial charge on any atom is -0.348 e. The van der Waals surface area contributed by atoms with Gasteiger partial charge in [-0.25, -0.2) is 4.98 Å². The molecule has 2 aliphatic rings. The summed E-state index contributed by atoms with van der Waals surface area (Å²) in [7, 11) is 0. The number of amides is 1. The van der Waals surface area contributed by atoms with Crippen LogP contribution in [0.2, 0.25) is 0 Å². The van der Waals surface area contributed by atoms with E-state index in [0.29, 0.717) is 12.0 Å². The molecular weight excluding hydrogens is 342 g/mol. The van der Waals surface area contributed by atoms with Gasteiger partial charge >= 0.3 is 0 Å². The molecule has 1 aliphatic carbocycles. The van der Waals surface area contributed by atoms with Gasteiger partial charge in [0, 0.05) is 32.1 Å². The van der Waals surface area contributed by atoms with Gasteiger partial charge in [-0.05, 0) is 44.4 Å². The Bertz CT molecular complexity index is 584. The predicted molar refractivity (Wildman–Crippen MR) is 109 cm³/mol. The summed E-state index contributed by atoms with van der Waals surface area (Å²) in [5.74, 6) is 1.57. The summed E-state index contributed by atoms with van der Waals surface area (Å²) in [6, 6.07) is 0.320. The molecule has 1 saturated heterocycles. The number of carbonyl (C=O) groups is 1. The van der Waals surface area contributed by atoms with E-state index in [9.17, 15) is 4.79 Å². The number of aryl methyl sites for hydroxylation is 1. The molecule has 1 saturated carbocycles. The maximum atomic E-state index is 12.7. The zero-order chi connectivity index (χ0) is 18.5. The highest BCUT2D eigenvalue weighted by Gasteiger charge is 2.25. The van der Waals surface area contributed by atoms with Crippen molar-refractivity contribution >= 4 is 17.2 Å². The van der Waals surface area contributed by atoms with Crippen molar-refractivity contribution < 1.29 is 4.79 Å². The second-order valence-corrected chi connectivity index (χ2v) is 9.76. The molecule has 1 aliphatic heterocycles. The highest BCUT2D eigenvalue weighted by molar-refractivity contribution is 7.13. The van der Waals surface area contributed by atoms with E-state index in [2.05, 4.69) is 29.0 Å². The standard InChI is InChI=1S/C21H35N3OS/c1-15(2)13-19-22-16(3)20(26-19)21(25)23-18-9-11-24(12-10-18)14-17-7-5-4-6-8-17/h15,17-18H,4-14H2,1-3H3,(H,23,25). The van der Waals surface area contributed by atoms with Crippen LogP contribution in [0.15, 0.2) is 0 Å². The van der Waals surface area contributed by atoms with Gasteiger partial charge in [0.1, 0.15) is 4.88 Å². The first-order chi connectivity index (χ1) is 12.5. The average Bonchev–Trinajstić information content (AvgIpc) is 2.97. The van der Waals surface area contributed by atoms with Crippen LogP contribution in [0.25, 0.3) is 0 Å². The van der Waals surface area contributed by atoms with Crippen molar-refractivity contribution in [3.63, 3.8) is 0 Å². The molecule has 1 N–H and O–H groups in total. The zero-order valence-electron chi connectivity index (χ0n) is 16.7. The molecule has 0 atom stereocenters. The molecule has 5 heteroatoms. The number of rotatable bonds is 6. The molecule has 4 nitrogen and oxygen atoms in total. The van der Waals surface area contributed by atoms with Crippen LogP contribution in [0.3, 0.4) is 0 Å². The Labute approximate surface area is 162 Å². The largest absolute Gasteiger partial charge is 0.348 e. The van der Waals surface area contributed by atoms with Crippen LogP contribution in [0.4, 0.5) is 0 Å². The Kier molecular flexibility index (Phi) is 7.10. The summed E-state index contributed by atoms with van der Waals surface area (Å²) in [6.45, 7) is 9.87. The van der Waals surface area contributed by atoms with Gasteiger partial charge in [0.2, 0.25) is 0 Å². The van der Waals surface area contributed by atoms with E-state index in [-0.39, 0.29) is 5.91 Å². The second kappa shape index (κ2) is 9.32. The fourth-order valence-corrected chi connectivity index (χ4v) is 5.53. The maximum Gasteiger partial charge on any atom is 0.263 e. The van der Waals surface area contributed by atoms with Crippen LogP contribution in [-0.4, -0.2) is 41.5 Å². The quantitative estimate of drug-likeness (QED) is 0.798. The van der Waals surface area contributed by atoms with Gasteiger partial charge in [0.05, 0.1) is 10.7 Å². The number of thiazole rings is 1. The van der Waals surface area contributed by atoms with Crippen LogP contribution >= 0.6 is 11.3 Å². The van der Waals surface area contributed by atoms with Crippen molar-refractivity contribution in [2.45, 2.75) is 78.2 Å². The molecule has 0 radical (unpaired) electrons. The van der Waals surface area contributed by atoms with E-state index in [1.54, 1.807) is 11.3 Å². The molecule has 3 rings (SSSR count). The van der Waals surface area contributed by atoms with E-state index in [0.717, 1.165) is 53.8 Å². The molecular formula is C21H35N3OS. The monoisotopic (exact) mass is 377 g/mol. The number of hydrogen-bond donors (Lipinski definition) is 1. The molecule has 2 heterocycles. The number of nitrogens with one attached hydrogen (secondary N) is 1. The Morgan fingerprint density at radius 1 is 1.19 bits per heavy atom. The number of piperidine rings is 1. The third-order valence-corrected chi connectivity index (χ3v) is 6.97. The van der Waals surface area contributed by atoms with E-state index in [4.69, 9.17) is 0 Å². The van der Waals surface area contributed by atoms with Crippen LogP contribution in [0, 0.1) is 18.8 Å². The van der Waals surface area contributed by atoms with Gasteiger partial charge in [0.25, 0.3) is 5.91 Å². The number of aromatic nitrogens is 1. The van der Waals surface area contributed by atoms with Gasteiger partial charge in [-0.15, -0.1) is 11.3 Å². The van der Waals surface area contributed by atoms with Gasteiger partial charge in [-0.1, -0.05) is 33.1 Å². The van der Waals surface area contributed by atoms with Gasteiger partial charge in [-0.3, -0.25) is 4.79 Å². The fraction of sp³-hybridized carbons (Fsp3) is 0.810. The Hall–Kier alpha value is -0.940. The lowest BCUT2D eigenvalue weighted by atomic mass is 9.88. The lowest BCUT2D eigenvalue weighted by Crippen LogP contribution is -2.45. The maximum absolute atomic E-state index is 12.7. The van der Waals surface area contributed by atoms with Crippen molar-refractivity contribution in [1.82, 2.24) is 15.2 Å². The Morgan fingerprint density at radius 3 is 2.54 bits per heavy atom. The van der Waals surface area contributed by atoms with Gasteiger partial charge < -0.3 is 10.2 Å². The molecule has 146 valence electrons. The Morgan fingerprint density at radius 2 is 1.88 bits per heavy atom. The molecule has 0 unspecified atom stereocenters. The number of likely N-dealkylation sites (tertiary alicyclic amines) is 1. The third-order valence-electron chi connectivity index (χ3n) is 5.79. The van der Waals surface area contributed by atoms with E-state index >= 15 is 0 Å². The summed E-state index contributed by atoms with van der Waals surface area (Å²) in [5.41, 5.74) is 0.887. The summed E-state index contributed by atoms with van der Waals surface area (Å²) < 4.78 is 0. The first-order valence-corrected chi connectivity index (χ1v) is 11.3. The fourth-order valence-electron chi connectivity index (χ4n) is 4.35. The molecule has 1 aromatic heterocycles.